The van der Waals surface area contributed by atoms with Crippen molar-refractivity contribution in [1.29, 1.82) is 0 Å². The molecular formula is C17H13Cl4NO5. The van der Waals surface area contributed by atoms with Gasteiger partial charge in [0.2, 0.25) is 11.7 Å². The van der Waals surface area contributed by atoms with Crippen molar-refractivity contribution in [2.24, 2.45) is 5.92 Å². The van der Waals surface area contributed by atoms with E-state index in [0.717, 1.165) is 4.57 Å². The number of hydrogen-bond donors (Lipinski definition) is 0. The first-order valence-electron chi connectivity index (χ1n) is 7.88. The molecule has 0 aliphatic heterocycles. The number of hydrogen-bond acceptors (Lipinski definition) is 5. The quantitative estimate of drug-likeness (QED) is 0.521. The molecule has 2 aliphatic rings. The van der Waals surface area contributed by atoms with E-state index in [4.69, 9.17) is 60.3 Å². The minimum atomic E-state index is -1.72. The first-order chi connectivity index (χ1) is 12.7. The molecular weight excluding hydrogens is 440 g/mol. The highest BCUT2D eigenvalue weighted by molar-refractivity contribution is 6.52. The highest BCUT2D eigenvalue weighted by atomic mass is 35.5. The summed E-state index contributed by atoms with van der Waals surface area (Å²) in [7, 11) is 2.67. The van der Waals surface area contributed by atoms with Crippen LogP contribution in [-0.2, 0) is 9.47 Å². The summed E-state index contributed by atoms with van der Waals surface area (Å²) in [6, 6.07) is 6.54. The average Bonchev–Trinajstić information content (AvgIpc) is 3.13. The molecule has 144 valence electrons. The highest BCUT2D eigenvalue weighted by Gasteiger charge is 2.82. The van der Waals surface area contributed by atoms with E-state index in [1.807, 2.05) is 0 Å². The lowest BCUT2D eigenvalue weighted by Crippen LogP contribution is -2.58. The predicted octanol–water partition coefficient (Wildman–Crippen LogP) is 3.90. The number of aromatic nitrogens is 1. The van der Waals surface area contributed by atoms with E-state index >= 15 is 0 Å². The van der Waals surface area contributed by atoms with Crippen LogP contribution in [0.2, 0.25) is 0 Å². The van der Waals surface area contributed by atoms with E-state index in [0.29, 0.717) is 5.52 Å². The molecule has 2 bridgehead atoms. The fourth-order valence-corrected chi connectivity index (χ4v) is 6.28. The third-order valence-corrected chi connectivity index (χ3v) is 7.99. The summed E-state index contributed by atoms with van der Waals surface area (Å²) < 4.78 is 17.1. The molecule has 27 heavy (non-hydrogen) atoms. The Morgan fingerprint density at radius 3 is 2.41 bits per heavy atom. The number of rotatable bonds is 3. The van der Waals surface area contributed by atoms with Crippen LogP contribution in [0.5, 0.6) is 0 Å². The molecule has 1 aromatic carbocycles. The molecule has 3 unspecified atom stereocenters. The number of methoxy groups -OCH3 is 2. The van der Waals surface area contributed by atoms with Crippen molar-refractivity contribution in [3.8, 4) is 0 Å². The first kappa shape index (κ1) is 19.3. The third kappa shape index (κ3) is 2.01. The normalized spacial score (nSPS) is 31.9. The number of carbonyl (C=O) groups excluding carboxylic acids is 1. The molecule has 0 radical (unpaired) electrons. The number of ether oxygens (including phenoxy) is 2. The third-order valence-electron chi connectivity index (χ3n) is 5.41. The van der Waals surface area contributed by atoms with Crippen molar-refractivity contribution in [1.82, 2.24) is 4.57 Å². The minimum absolute atomic E-state index is 0.0421. The number of fused-ring (bicyclic) bond motifs is 3. The second-order valence-corrected chi connectivity index (χ2v) is 8.43. The maximum Gasteiger partial charge on any atom is 0.426 e. The van der Waals surface area contributed by atoms with Crippen LogP contribution in [0.1, 0.15) is 11.2 Å². The molecule has 0 amide bonds. The number of oxazole rings is 1. The lowest BCUT2D eigenvalue weighted by Gasteiger charge is -2.40. The summed E-state index contributed by atoms with van der Waals surface area (Å²) in [5.74, 6) is -4.21. The van der Waals surface area contributed by atoms with Crippen molar-refractivity contribution in [3.63, 3.8) is 0 Å². The summed E-state index contributed by atoms with van der Waals surface area (Å²) in [6.45, 7) is 0. The molecule has 6 nitrogen and oxygen atoms in total. The SMILES string of the molecule is COC1(OC)C2(Cl)CC(C(=O)n3c(=O)oc4ccccc43)C1(Cl)C(Cl)=C2Cl. The van der Waals surface area contributed by atoms with Gasteiger partial charge in [-0.05, 0) is 18.6 Å². The Balaban J connectivity index is 1.93. The van der Waals surface area contributed by atoms with E-state index < -0.39 is 33.1 Å². The van der Waals surface area contributed by atoms with Crippen molar-refractivity contribution in [3.05, 3.63) is 44.9 Å². The van der Waals surface area contributed by atoms with E-state index in [2.05, 4.69) is 0 Å². The summed E-state index contributed by atoms with van der Waals surface area (Å²) in [6.07, 6.45) is -0.0421. The number of nitrogens with zero attached hydrogens (tertiary/aromatic N) is 1. The van der Waals surface area contributed by atoms with Crippen LogP contribution < -0.4 is 5.76 Å². The second kappa shape index (κ2) is 5.99. The zero-order chi connectivity index (χ0) is 19.8. The lowest BCUT2D eigenvalue weighted by atomic mass is 9.90. The molecule has 1 fully saturated rings. The first-order valence-corrected chi connectivity index (χ1v) is 9.40. The molecule has 1 saturated carbocycles. The van der Waals surface area contributed by atoms with Crippen LogP contribution >= 0.6 is 46.4 Å². The molecule has 3 atom stereocenters. The van der Waals surface area contributed by atoms with Crippen molar-refractivity contribution < 1.29 is 18.7 Å². The smallest absolute Gasteiger partial charge is 0.407 e. The monoisotopic (exact) mass is 451 g/mol. The fraction of sp³-hybridized carbons (Fsp3) is 0.412. The van der Waals surface area contributed by atoms with Gasteiger partial charge < -0.3 is 13.9 Å². The van der Waals surface area contributed by atoms with Crippen molar-refractivity contribution >= 4 is 63.4 Å². The summed E-state index contributed by atoms with van der Waals surface area (Å²) in [4.78, 5) is 22.5. The van der Waals surface area contributed by atoms with Crippen LogP contribution in [0.4, 0.5) is 0 Å². The van der Waals surface area contributed by atoms with Crippen molar-refractivity contribution in [2.45, 2.75) is 22.0 Å². The van der Waals surface area contributed by atoms with Gasteiger partial charge in [0.25, 0.3) is 0 Å². The van der Waals surface area contributed by atoms with Crippen LogP contribution in [0.25, 0.3) is 11.1 Å². The molecule has 0 saturated heterocycles. The van der Waals surface area contributed by atoms with E-state index in [9.17, 15) is 9.59 Å². The number of halogens is 4. The van der Waals surface area contributed by atoms with Gasteiger partial charge in [-0.1, -0.05) is 35.3 Å². The van der Waals surface area contributed by atoms with Gasteiger partial charge >= 0.3 is 5.76 Å². The predicted molar refractivity (Wildman–Crippen MR) is 102 cm³/mol. The fourth-order valence-electron chi connectivity index (χ4n) is 4.23. The Labute approximate surface area is 173 Å². The highest BCUT2D eigenvalue weighted by Crippen LogP contribution is 2.71. The molecule has 2 aliphatic carbocycles. The van der Waals surface area contributed by atoms with E-state index in [1.165, 1.54) is 14.2 Å². The van der Waals surface area contributed by atoms with Gasteiger partial charge in [0.15, 0.2) is 5.58 Å². The van der Waals surface area contributed by atoms with Gasteiger partial charge in [-0.25, -0.2) is 9.36 Å². The maximum atomic E-state index is 13.4. The largest absolute Gasteiger partial charge is 0.426 e. The Morgan fingerprint density at radius 2 is 1.81 bits per heavy atom. The van der Waals surface area contributed by atoms with Crippen LogP contribution in [-0.4, -0.2) is 40.2 Å². The minimum Gasteiger partial charge on any atom is -0.407 e. The van der Waals surface area contributed by atoms with Gasteiger partial charge in [0.05, 0.1) is 21.5 Å². The zero-order valence-electron chi connectivity index (χ0n) is 14.1. The van der Waals surface area contributed by atoms with Gasteiger partial charge in [0.1, 0.15) is 9.75 Å². The van der Waals surface area contributed by atoms with Crippen LogP contribution in [0, 0.1) is 5.92 Å². The molecule has 0 N–H and O–H groups in total. The maximum absolute atomic E-state index is 13.4. The van der Waals surface area contributed by atoms with Crippen LogP contribution in [0.15, 0.2) is 43.5 Å². The zero-order valence-corrected chi connectivity index (χ0v) is 17.1. The molecule has 1 aromatic heterocycles. The van der Waals surface area contributed by atoms with Gasteiger partial charge in [-0.2, -0.15) is 0 Å². The van der Waals surface area contributed by atoms with E-state index in [-0.39, 0.29) is 22.1 Å². The van der Waals surface area contributed by atoms with Gasteiger partial charge in [-0.15, -0.1) is 23.2 Å². The second-order valence-electron chi connectivity index (χ2n) is 6.43. The number of para-hydroxylation sites is 2. The summed E-state index contributed by atoms with van der Waals surface area (Å²) >= 11 is 26.3. The topological polar surface area (TPSA) is 70.7 Å². The van der Waals surface area contributed by atoms with Crippen LogP contribution in [0.3, 0.4) is 0 Å². The molecule has 2 aromatic rings. The average molecular weight is 453 g/mol. The van der Waals surface area contributed by atoms with Gasteiger partial charge in [0, 0.05) is 14.2 Å². The molecule has 1 heterocycles. The Hall–Kier alpha value is -1.02. The van der Waals surface area contributed by atoms with Crippen molar-refractivity contribution in [2.75, 3.05) is 14.2 Å². The molecule has 4 rings (SSSR count). The Bertz CT molecular complexity index is 1060. The molecule has 0 spiro atoms. The standard InChI is InChI=1S/C17H13Cl4NO5/c1-25-17(26-2)15(20)7-8(16(17,21)12(19)11(15)18)13(23)22-9-5-3-4-6-10(9)27-14(22)24/h3-6,8H,7H2,1-2H3. The Kier molecular flexibility index (Phi) is 4.28. The van der Waals surface area contributed by atoms with Gasteiger partial charge in [-0.3, -0.25) is 4.79 Å². The molecule has 10 heteroatoms. The van der Waals surface area contributed by atoms with E-state index in [1.54, 1.807) is 24.3 Å². The summed E-state index contributed by atoms with van der Waals surface area (Å²) in [5.41, 5.74) is 0.582. The summed E-state index contributed by atoms with van der Waals surface area (Å²) in [5, 5.41) is 0.00737. The number of carbonyl (C=O) groups is 1. The lowest BCUT2D eigenvalue weighted by molar-refractivity contribution is -0.218. The Morgan fingerprint density at radius 1 is 1.19 bits per heavy atom. The number of alkyl halides is 2. The number of benzene rings is 1.